The predicted molar refractivity (Wildman–Crippen MR) is 95.0 cm³/mol. The van der Waals surface area contributed by atoms with E-state index in [0.29, 0.717) is 16.6 Å². The first kappa shape index (κ1) is 20.2. The number of carbonyl (C=O) groups excluding carboxylic acids is 1. The number of benzene rings is 1. The molecule has 0 saturated heterocycles. The standard InChI is InChI=1S/C16H23BrO2.C2H6/c1-15(2,3)11-7-10(13(18)9-17)8-12(14(11)19)16(4,5)6;1-2/h7-8,19H,9H2,1-6H3;1-2H3. The number of ketones is 1. The molecule has 0 aliphatic heterocycles. The van der Waals surface area contributed by atoms with E-state index in [4.69, 9.17) is 0 Å². The molecule has 0 heterocycles. The zero-order chi connectivity index (χ0) is 17.0. The van der Waals surface area contributed by atoms with Gasteiger partial charge in [0.05, 0.1) is 5.33 Å². The van der Waals surface area contributed by atoms with Crippen LogP contribution in [0, 0.1) is 0 Å². The Kier molecular flexibility index (Phi) is 7.14. The van der Waals surface area contributed by atoms with E-state index in [2.05, 4.69) is 15.9 Å². The number of phenols is 1. The molecule has 3 heteroatoms. The topological polar surface area (TPSA) is 37.3 Å². The summed E-state index contributed by atoms with van der Waals surface area (Å²) in [5.74, 6) is 0.349. The highest BCUT2D eigenvalue weighted by molar-refractivity contribution is 9.09. The van der Waals surface area contributed by atoms with Crippen molar-refractivity contribution in [2.45, 2.75) is 66.2 Å². The Morgan fingerprint density at radius 2 is 1.33 bits per heavy atom. The molecule has 1 aromatic rings. The smallest absolute Gasteiger partial charge is 0.173 e. The number of alkyl halides is 1. The third-order valence-electron chi connectivity index (χ3n) is 3.17. The maximum Gasteiger partial charge on any atom is 0.173 e. The van der Waals surface area contributed by atoms with E-state index in [0.717, 1.165) is 11.1 Å². The normalized spacial score (nSPS) is 11.7. The molecule has 0 atom stereocenters. The summed E-state index contributed by atoms with van der Waals surface area (Å²) in [6.45, 7) is 16.2. The van der Waals surface area contributed by atoms with Gasteiger partial charge in [-0.25, -0.2) is 0 Å². The molecule has 0 aliphatic carbocycles. The molecule has 0 saturated carbocycles. The lowest BCUT2D eigenvalue weighted by Gasteiger charge is -2.28. The molecule has 0 unspecified atom stereocenters. The summed E-state index contributed by atoms with van der Waals surface area (Å²) in [7, 11) is 0. The van der Waals surface area contributed by atoms with Crippen LogP contribution < -0.4 is 0 Å². The second-order valence-corrected chi connectivity index (χ2v) is 7.54. The minimum atomic E-state index is -0.202. The Morgan fingerprint density at radius 1 is 1.00 bits per heavy atom. The van der Waals surface area contributed by atoms with E-state index in [1.807, 2.05) is 67.5 Å². The van der Waals surface area contributed by atoms with Crippen molar-refractivity contribution in [2.75, 3.05) is 5.33 Å². The van der Waals surface area contributed by atoms with Crippen LogP contribution in [0.15, 0.2) is 12.1 Å². The SMILES string of the molecule is CC.CC(C)(C)c1cc(C(=O)CBr)cc(C(C)(C)C)c1O. The molecule has 2 nitrogen and oxygen atoms in total. The van der Waals surface area contributed by atoms with Crippen LogP contribution in [0.4, 0.5) is 0 Å². The summed E-state index contributed by atoms with van der Waals surface area (Å²) in [6, 6.07) is 3.63. The molecule has 0 aromatic heterocycles. The number of rotatable bonds is 2. The molecule has 0 spiro atoms. The quantitative estimate of drug-likeness (QED) is 0.553. The summed E-state index contributed by atoms with van der Waals surface area (Å²) in [6.07, 6.45) is 0. The maximum absolute atomic E-state index is 12.0. The Morgan fingerprint density at radius 3 is 1.57 bits per heavy atom. The highest BCUT2D eigenvalue weighted by Gasteiger charge is 2.27. The van der Waals surface area contributed by atoms with E-state index in [1.165, 1.54) is 0 Å². The first-order valence-corrected chi connectivity index (χ1v) is 8.57. The molecular weight excluding hydrogens is 328 g/mol. The van der Waals surface area contributed by atoms with Gasteiger partial charge in [-0.2, -0.15) is 0 Å². The number of Topliss-reactive ketones (excluding diaryl/α,β-unsaturated/α-hetero) is 1. The van der Waals surface area contributed by atoms with Crippen LogP contribution in [0.2, 0.25) is 0 Å². The number of halogens is 1. The summed E-state index contributed by atoms with van der Waals surface area (Å²) < 4.78 is 0. The van der Waals surface area contributed by atoms with Gasteiger partial charge in [-0.1, -0.05) is 71.3 Å². The van der Waals surface area contributed by atoms with Crippen LogP contribution in [0.5, 0.6) is 5.75 Å². The van der Waals surface area contributed by atoms with Crippen LogP contribution in [0.25, 0.3) is 0 Å². The van der Waals surface area contributed by atoms with Gasteiger partial charge in [0.25, 0.3) is 0 Å². The highest BCUT2D eigenvalue weighted by atomic mass is 79.9. The number of carbonyl (C=O) groups is 1. The third-order valence-corrected chi connectivity index (χ3v) is 3.68. The van der Waals surface area contributed by atoms with Crippen LogP contribution >= 0.6 is 15.9 Å². The zero-order valence-corrected chi connectivity index (χ0v) is 16.2. The average molecular weight is 357 g/mol. The van der Waals surface area contributed by atoms with Crippen LogP contribution in [0.3, 0.4) is 0 Å². The van der Waals surface area contributed by atoms with Crippen LogP contribution in [-0.2, 0) is 10.8 Å². The Labute approximate surface area is 138 Å². The van der Waals surface area contributed by atoms with E-state index in [9.17, 15) is 9.90 Å². The van der Waals surface area contributed by atoms with Gasteiger partial charge in [-0.05, 0) is 23.0 Å². The predicted octanol–water partition coefficient (Wildman–Crippen LogP) is 5.59. The molecule has 0 radical (unpaired) electrons. The molecule has 21 heavy (non-hydrogen) atoms. The molecule has 0 amide bonds. The molecule has 0 bridgehead atoms. The van der Waals surface area contributed by atoms with Crippen molar-refractivity contribution in [3.05, 3.63) is 28.8 Å². The number of aromatic hydroxyl groups is 1. The number of phenolic OH excluding ortho intramolecular Hbond substituents is 1. The maximum atomic E-state index is 12.0. The molecule has 1 rings (SSSR count). The van der Waals surface area contributed by atoms with Crippen molar-refractivity contribution in [1.82, 2.24) is 0 Å². The summed E-state index contributed by atoms with van der Waals surface area (Å²) in [4.78, 5) is 12.0. The van der Waals surface area contributed by atoms with E-state index in [1.54, 1.807) is 0 Å². The number of hydrogen-bond acceptors (Lipinski definition) is 2. The van der Waals surface area contributed by atoms with E-state index >= 15 is 0 Å². The molecule has 0 aliphatic rings. The number of hydrogen-bond donors (Lipinski definition) is 1. The van der Waals surface area contributed by atoms with E-state index < -0.39 is 0 Å². The zero-order valence-electron chi connectivity index (χ0n) is 14.6. The van der Waals surface area contributed by atoms with Crippen molar-refractivity contribution in [3.63, 3.8) is 0 Å². The molecule has 0 fully saturated rings. The highest BCUT2D eigenvalue weighted by Crippen LogP contribution is 2.39. The summed E-state index contributed by atoms with van der Waals surface area (Å²) in [5, 5.41) is 10.8. The van der Waals surface area contributed by atoms with Crippen molar-refractivity contribution >= 4 is 21.7 Å². The third kappa shape index (κ3) is 5.14. The lowest BCUT2D eigenvalue weighted by atomic mass is 9.78. The van der Waals surface area contributed by atoms with Gasteiger partial charge in [0.1, 0.15) is 5.75 Å². The fraction of sp³-hybridized carbons (Fsp3) is 0.611. The van der Waals surface area contributed by atoms with Crippen LogP contribution in [-0.4, -0.2) is 16.2 Å². The van der Waals surface area contributed by atoms with Crippen molar-refractivity contribution < 1.29 is 9.90 Å². The fourth-order valence-corrected chi connectivity index (χ4v) is 2.34. The fourth-order valence-electron chi connectivity index (χ4n) is 2.02. The van der Waals surface area contributed by atoms with Crippen molar-refractivity contribution in [2.24, 2.45) is 0 Å². The Balaban J connectivity index is 0.00000191. The van der Waals surface area contributed by atoms with Gasteiger partial charge in [0.15, 0.2) is 5.78 Å². The van der Waals surface area contributed by atoms with Crippen LogP contribution in [0.1, 0.15) is 76.9 Å². The Hall–Kier alpha value is -0.830. The molecule has 1 aromatic carbocycles. The minimum absolute atomic E-state index is 0.0380. The van der Waals surface area contributed by atoms with Crippen molar-refractivity contribution in [1.29, 1.82) is 0 Å². The van der Waals surface area contributed by atoms with Gasteiger partial charge >= 0.3 is 0 Å². The summed E-state index contributed by atoms with van der Waals surface area (Å²) in [5.41, 5.74) is 1.90. The minimum Gasteiger partial charge on any atom is -0.507 e. The second-order valence-electron chi connectivity index (χ2n) is 6.98. The lowest BCUT2D eigenvalue weighted by Crippen LogP contribution is -2.19. The summed E-state index contributed by atoms with van der Waals surface area (Å²) >= 11 is 3.21. The largest absolute Gasteiger partial charge is 0.507 e. The van der Waals surface area contributed by atoms with Gasteiger partial charge in [0, 0.05) is 16.7 Å². The first-order valence-electron chi connectivity index (χ1n) is 7.45. The first-order chi connectivity index (χ1) is 9.48. The average Bonchev–Trinajstić information content (AvgIpc) is 2.37. The van der Waals surface area contributed by atoms with Gasteiger partial charge in [-0.3, -0.25) is 4.79 Å². The van der Waals surface area contributed by atoms with Gasteiger partial charge in [0.2, 0.25) is 0 Å². The Bertz CT molecular complexity index is 456. The molecule has 1 N–H and O–H groups in total. The lowest BCUT2D eigenvalue weighted by molar-refractivity contribution is 0.102. The monoisotopic (exact) mass is 356 g/mol. The van der Waals surface area contributed by atoms with Gasteiger partial charge in [-0.15, -0.1) is 0 Å². The molecule has 120 valence electrons. The second kappa shape index (κ2) is 7.44. The van der Waals surface area contributed by atoms with Gasteiger partial charge < -0.3 is 5.11 Å². The van der Waals surface area contributed by atoms with Crippen molar-refractivity contribution in [3.8, 4) is 5.75 Å². The van der Waals surface area contributed by atoms with E-state index in [-0.39, 0.29) is 16.6 Å². The molecular formula is C18H29BrO2.